The van der Waals surface area contributed by atoms with Gasteiger partial charge in [-0.15, -0.1) is 0 Å². The lowest BCUT2D eigenvalue weighted by Crippen LogP contribution is -2.30. The van der Waals surface area contributed by atoms with Gasteiger partial charge in [-0.2, -0.15) is 0 Å². The van der Waals surface area contributed by atoms with Gasteiger partial charge in [0.2, 0.25) is 5.91 Å². The van der Waals surface area contributed by atoms with E-state index in [1.165, 1.54) is 0 Å². The lowest BCUT2D eigenvalue weighted by atomic mass is 10.1. The molecule has 0 aliphatic heterocycles. The Labute approximate surface area is 166 Å². The van der Waals surface area contributed by atoms with E-state index >= 15 is 0 Å². The van der Waals surface area contributed by atoms with E-state index in [2.05, 4.69) is 17.2 Å². The summed E-state index contributed by atoms with van der Waals surface area (Å²) >= 11 is 0. The molecule has 0 bridgehead atoms. The Morgan fingerprint density at radius 1 is 1.07 bits per heavy atom. The maximum Gasteiger partial charge on any atom is 0.253 e. The van der Waals surface area contributed by atoms with Crippen LogP contribution in [0.25, 0.3) is 0 Å². The van der Waals surface area contributed by atoms with E-state index in [0.29, 0.717) is 36.7 Å². The van der Waals surface area contributed by atoms with Crippen LogP contribution in [0.5, 0.6) is 5.75 Å². The minimum Gasteiger partial charge on any atom is -0.487 e. The van der Waals surface area contributed by atoms with Crippen molar-refractivity contribution in [2.24, 2.45) is 0 Å². The Balaban J connectivity index is 1.91. The number of carbonyl (C=O) groups is 2. The average Bonchev–Trinajstić information content (AvgIpc) is 2.73. The molecule has 0 radical (unpaired) electrons. The number of carbonyl (C=O) groups excluding carboxylic acids is 2. The van der Waals surface area contributed by atoms with Crippen LogP contribution < -0.4 is 15.4 Å². The molecule has 28 heavy (non-hydrogen) atoms. The van der Waals surface area contributed by atoms with Crippen LogP contribution in [0, 0.1) is 0 Å². The Kier molecular flexibility index (Phi) is 8.09. The highest BCUT2D eigenvalue weighted by Crippen LogP contribution is 2.23. The fourth-order valence-electron chi connectivity index (χ4n) is 2.65. The largest absolute Gasteiger partial charge is 0.487 e. The smallest absolute Gasteiger partial charge is 0.253 e. The van der Waals surface area contributed by atoms with Crippen molar-refractivity contribution in [3.05, 3.63) is 66.7 Å². The minimum atomic E-state index is -0.196. The SMILES string of the molecule is C=CCOc1ccccc1NC(=O)CNc1ccc(C(=O)N(CC)CC)cc1. The number of para-hydroxylation sites is 2. The highest BCUT2D eigenvalue weighted by Gasteiger charge is 2.12. The van der Waals surface area contributed by atoms with Gasteiger partial charge >= 0.3 is 0 Å². The van der Waals surface area contributed by atoms with E-state index in [4.69, 9.17) is 4.74 Å². The highest BCUT2D eigenvalue weighted by atomic mass is 16.5. The van der Waals surface area contributed by atoms with E-state index in [9.17, 15) is 9.59 Å². The highest BCUT2D eigenvalue weighted by molar-refractivity contribution is 5.96. The predicted molar refractivity (Wildman–Crippen MR) is 113 cm³/mol. The topological polar surface area (TPSA) is 70.7 Å². The molecule has 0 aromatic heterocycles. The number of amides is 2. The van der Waals surface area contributed by atoms with Crippen LogP contribution in [0.3, 0.4) is 0 Å². The number of anilines is 2. The molecule has 6 nitrogen and oxygen atoms in total. The molecule has 2 aromatic rings. The third kappa shape index (κ3) is 5.87. The van der Waals surface area contributed by atoms with Crippen LogP contribution in [0.2, 0.25) is 0 Å². The van der Waals surface area contributed by atoms with Gasteiger partial charge in [0.25, 0.3) is 5.91 Å². The molecule has 0 aliphatic rings. The van der Waals surface area contributed by atoms with Gasteiger partial charge in [-0.3, -0.25) is 9.59 Å². The number of nitrogens with zero attached hydrogens (tertiary/aromatic N) is 1. The number of rotatable bonds is 10. The number of ether oxygens (including phenoxy) is 1. The second-order valence-electron chi connectivity index (χ2n) is 6.05. The maximum atomic E-state index is 12.3. The summed E-state index contributed by atoms with van der Waals surface area (Å²) in [6.07, 6.45) is 1.65. The Morgan fingerprint density at radius 3 is 2.39 bits per heavy atom. The van der Waals surface area contributed by atoms with Gasteiger partial charge in [0.05, 0.1) is 12.2 Å². The molecular formula is C22H27N3O3. The van der Waals surface area contributed by atoms with E-state index in [1.807, 2.05) is 26.0 Å². The van der Waals surface area contributed by atoms with E-state index in [1.54, 1.807) is 47.4 Å². The molecule has 6 heteroatoms. The maximum absolute atomic E-state index is 12.3. The summed E-state index contributed by atoms with van der Waals surface area (Å²) in [7, 11) is 0. The molecule has 2 N–H and O–H groups in total. The van der Waals surface area contributed by atoms with Crippen LogP contribution in [-0.2, 0) is 4.79 Å². The molecule has 0 aliphatic carbocycles. The van der Waals surface area contributed by atoms with E-state index < -0.39 is 0 Å². The summed E-state index contributed by atoms with van der Waals surface area (Å²) in [5.41, 5.74) is 2.01. The van der Waals surface area contributed by atoms with Crippen LogP contribution >= 0.6 is 0 Å². The molecule has 0 spiro atoms. The molecule has 0 unspecified atom stereocenters. The lowest BCUT2D eigenvalue weighted by Gasteiger charge is -2.18. The minimum absolute atomic E-state index is 0.00502. The summed E-state index contributed by atoms with van der Waals surface area (Å²) in [4.78, 5) is 26.3. The second kappa shape index (κ2) is 10.8. The molecule has 0 saturated carbocycles. The first-order valence-electron chi connectivity index (χ1n) is 9.34. The van der Waals surface area contributed by atoms with Gasteiger partial charge in [-0.1, -0.05) is 24.8 Å². The van der Waals surface area contributed by atoms with Gasteiger partial charge in [0, 0.05) is 24.3 Å². The first-order valence-corrected chi connectivity index (χ1v) is 9.34. The standard InChI is InChI=1S/C22H27N3O3/c1-4-15-28-20-10-8-7-9-19(20)24-21(26)16-23-18-13-11-17(12-14-18)22(27)25(5-2)6-3/h4,7-14,23H,1,5-6,15-16H2,2-3H3,(H,24,26). The monoisotopic (exact) mass is 381 g/mol. The number of nitrogens with one attached hydrogen (secondary N) is 2. The Morgan fingerprint density at radius 2 is 1.75 bits per heavy atom. The van der Waals surface area contributed by atoms with Gasteiger partial charge < -0.3 is 20.3 Å². The lowest BCUT2D eigenvalue weighted by molar-refractivity contribution is -0.114. The zero-order chi connectivity index (χ0) is 20.4. The molecule has 2 aromatic carbocycles. The quantitative estimate of drug-likeness (QED) is 0.615. The van der Waals surface area contributed by atoms with Crippen molar-refractivity contribution < 1.29 is 14.3 Å². The summed E-state index contributed by atoms with van der Waals surface area (Å²) in [6, 6.07) is 14.4. The van der Waals surface area contributed by atoms with Crippen LogP contribution in [0.1, 0.15) is 24.2 Å². The van der Waals surface area contributed by atoms with Crippen molar-refractivity contribution in [1.82, 2.24) is 4.90 Å². The van der Waals surface area contributed by atoms with Crippen molar-refractivity contribution in [3.63, 3.8) is 0 Å². The summed E-state index contributed by atoms with van der Waals surface area (Å²) in [5, 5.41) is 5.88. The summed E-state index contributed by atoms with van der Waals surface area (Å²) in [6.45, 7) is 9.34. The Hall–Kier alpha value is -3.28. The molecular weight excluding hydrogens is 354 g/mol. The first kappa shape index (κ1) is 21.0. The summed E-state index contributed by atoms with van der Waals surface area (Å²) in [5.74, 6) is 0.401. The van der Waals surface area contributed by atoms with E-state index in [-0.39, 0.29) is 18.4 Å². The normalized spacial score (nSPS) is 10.1. The zero-order valence-corrected chi connectivity index (χ0v) is 16.4. The first-order chi connectivity index (χ1) is 13.6. The fourth-order valence-corrected chi connectivity index (χ4v) is 2.65. The second-order valence-corrected chi connectivity index (χ2v) is 6.05. The van der Waals surface area contributed by atoms with E-state index in [0.717, 1.165) is 5.69 Å². The van der Waals surface area contributed by atoms with Crippen molar-refractivity contribution in [2.75, 3.05) is 36.9 Å². The van der Waals surface area contributed by atoms with Gasteiger partial charge in [0.1, 0.15) is 12.4 Å². The van der Waals surface area contributed by atoms with Crippen LogP contribution in [0.4, 0.5) is 11.4 Å². The molecule has 148 valence electrons. The number of hydrogen-bond acceptors (Lipinski definition) is 4. The van der Waals surface area contributed by atoms with Gasteiger partial charge in [-0.25, -0.2) is 0 Å². The molecule has 0 saturated heterocycles. The zero-order valence-electron chi connectivity index (χ0n) is 16.4. The summed E-state index contributed by atoms with van der Waals surface area (Å²) < 4.78 is 5.53. The van der Waals surface area contributed by atoms with Gasteiger partial charge in [0.15, 0.2) is 0 Å². The molecule has 2 rings (SSSR count). The number of hydrogen-bond donors (Lipinski definition) is 2. The Bertz CT molecular complexity index is 799. The number of benzene rings is 2. The molecule has 0 fully saturated rings. The third-order valence-corrected chi connectivity index (χ3v) is 4.15. The van der Waals surface area contributed by atoms with Gasteiger partial charge in [-0.05, 0) is 50.2 Å². The van der Waals surface area contributed by atoms with Crippen LogP contribution in [0.15, 0.2) is 61.2 Å². The van der Waals surface area contributed by atoms with Crippen LogP contribution in [-0.4, -0.2) is 43.0 Å². The van der Waals surface area contributed by atoms with Crippen molar-refractivity contribution in [1.29, 1.82) is 0 Å². The molecule has 0 heterocycles. The third-order valence-electron chi connectivity index (χ3n) is 4.15. The molecule has 2 amide bonds. The fraction of sp³-hybridized carbons (Fsp3) is 0.273. The van der Waals surface area contributed by atoms with Crippen molar-refractivity contribution in [2.45, 2.75) is 13.8 Å². The van der Waals surface area contributed by atoms with Crippen molar-refractivity contribution >= 4 is 23.2 Å². The van der Waals surface area contributed by atoms with Crippen molar-refractivity contribution in [3.8, 4) is 5.75 Å². The molecule has 0 atom stereocenters. The average molecular weight is 381 g/mol. The predicted octanol–water partition coefficient (Wildman–Crippen LogP) is 3.78.